The van der Waals surface area contributed by atoms with Gasteiger partial charge in [-0.2, -0.15) is 0 Å². The van der Waals surface area contributed by atoms with Gasteiger partial charge in [0.1, 0.15) is 73.0 Å². The van der Waals surface area contributed by atoms with E-state index in [1.165, 1.54) is 6.20 Å². The van der Waals surface area contributed by atoms with Gasteiger partial charge in [0.05, 0.1) is 8.22 Å². The van der Waals surface area contributed by atoms with Crippen LogP contribution >= 0.6 is 48.9 Å². The molecule has 0 aliphatic carbocycles. The molecule has 4 aromatic heterocycles. The smallest absolute Gasteiger partial charge is 0.323 e. The fourth-order valence-corrected chi connectivity index (χ4v) is 9.41. The fourth-order valence-electron chi connectivity index (χ4n) is 8.38. The summed E-state index contributed by atoms with van der Waals surface area (Å²) in [6.07, 6.45) is -21.9. The largest absolute Gasteiger partial charge is 0.458 e. The Kier molecular flexibility index (Phi) is 25.8. The van der Waals surface area contributed by atoms with E-state index in [1.54, 1.807) is 55.4 Å². The molecule has 20 atom stereocenters. The first-order valence-corrected chi connectivity index (χ1v) is 31.2. The molecule has 0 unspecified atom stereocenters. The third-order valence-electron chi connectivity index (χ3n) is 14.9. The highest BCUT2D eigenvalue weighted by Gasteiger charge is 2.60. The zero-order valence-electron chi connectivity index (χ0n) is 59.8. The van der Waals surface area contributed by atoms with Gasteiger partial charge in [-0.25, -0.2) is 17.6 Å². The van der Waals surface area contributed by atoms with Crippen molar-refractivity contribution >= 4 is 72.7 Å². The van der Waals surface area contributed by atoms with Gasteiger partial charge < -0.3 is 102 Å². The van der Waals surface area contributed by atoms with Gasteiger partial charge in [0, 0.05) is 49.1 Å². The molecule has 0 bridgehead atoms. The number of ether oxygens (including phenoxy) is 8. The molecule has 4 aliphatic rings. The number of aliphatic hydroxyl groups excluding tert-OH is 8. The summed E-state index contributed by atoms with van der Waals surface area (Å²) in [4.78, 5) is 101. The number of hydrogen-bond donors (Lipinski definition) is 16. The second kappa shape index (κ2) is 34.6. The first-order valence-electron chi connectivity index (χ1n) is 32.5. The van der Waals surface area contributed by atoms with Crippen molar-refractivity contribution in [3.63, 3.8) is 0 Å². The summed E-state index contributed by atoms with van der Waals surface area (Å²) in [7, 11) is 0. The van der Waals surface area contributed by atoms with Gasteiger partial charge >= 0.3 is 23.9 Å². The number of aromatic nitrogens is 8. The molecule has 560 valence electrons. The summed E-state index contributed by atoms with van der Waals surface area (Å²) in [5.41, 5.74) is 20.0. The number of halogens is 4. The first kappa shape index (κ1) is 74.5. The minimum atomic E-state index is -3.86. The number of carbonyl (C=O) groups is 4. The van der Waals surface area contributed by atoms with Crippen molar-refractivity contribution in [3.8, 4) is 0 Å². The van der Waals surface area contributed by atoms with Crippen LogP contribution in [0.25, 0.3) is 0 Å². The SMILES string of the molecule is CC(C)[C@H](N)C(=O)OC[C@@]1(F)O[C@@H](n2ccc(=O)[nH]c2=S)[C@H](O)[C@@H]1O.[2H]C([2H])(OC(=O)[C@@H](N)C(C)C)[C@@]1(F)O[C@@H](n2ccc(=O)[nH]c2=S)[C@H](O)[C@@H]1O.[2H]C([2H])(OC(=O)[C@@H](N)C(C)C)[C@@]1(F)O[C@@]([2H])(n2ccc(=O)[nH]c2=S)[C@H](O)[C@@H]1O.[2H][C@@]1(n2ccc(=O)[nH]c2=S)O[C@](F)(COC(=O)[C@@H](N)C(C)C)[C@@H](O)[C@H]1O. The van der Waals surface area contributed by atoms with E-state index in [0.29, 0.717) is 4.57 Å². The summed E-state index contributed by atoms with van der Waals surface area (Å²) in [6.45, 7) is 3.76. The monoisotopic (exact) mass is 1510 g/mol. The number of rotatable bonds is 20. The second-order valence-electron chi connectivity index (χ2n) is 23.7. The maximum atomic E-state index is 15.4. The summed E-state index contributed by atoms with van der Waals surface area (Å²) in [5.74, 6) is -19.2. The van der Waals surface area contributed by atoms with E-state index in [-0.39, 0.29) is 26.1 Å². The van der Waals surface area contributed by atoms with Gasteiger partial charge in [-0.05, 0) is 72.5 Å². The van der Waals surface area contributed by atoms with Gasteiger partial charge in [-0.15, -0.1) is 0 Å². The molecule has 4 fully saturated rings. The number of hydrogen-bond acceptors (Lipinski definition) is 32. The van der Waals surface area contributed by atoms with Gasteiger partial charge in [0.2, 0.25) is 0 Å². The van der Waals surface area contributed by atoms with E-state index in [4.69, 9.17) is 108 Å². The van der Waals surface area contributed by atoms with Crippen LogP contribution in [0.1, 0.15) is 88.5 Å². The minimum absolute atomic E-state index is 0.133. The van der Waals surface area contributed by atoms with Gasteiger partial charge in [0.15, 0.2) is 70.3 Å². The first-order chi connectivity index (χ1) is 48.5. The maximum Gasteiger partial charge on any atom is 0.323 e. The van der Waals surface area contributed by atoms with Crippen LogP contribution in [0.15, 0.2) is 68.2 Å². The van der Waals surface area contributed by atoms with Crippen molar-refractivity contribution in [1.29, 1.82) is 0 Å². The highest BCUT2D eigenvalue weighted by Crippen LogP contribution is 2.42. The summed E-state index contributed by atoms with van der Waals surface area (Å²) < 4.78 is 148. The average Bonchev–Trinajstić information content (AvgIpc) is 1.49. The number of H-pyrrole nitrogens is 4. The summed E-state index contributed by atoms with van der Waals surface area (Å²) in [5, 5.41) is 80.7. The maximum absolute atomic E-state index is 15.4. The lowest BCUT2D eigenvalue weighted by atomic mass is 10.1. The summed E-state index contributed by atoms with van der Waals surface area (Å²) >= 11 is 19.5. The second-order valence-corrected chi connectivity index (χ2v) is 25.3. The normalized spacial score (nSPS) is 33.1. The lowest BCUT2D eigenvalue weighted by Gasteiger charge is -2.24. The lowest BCUT2D eigenvalue weighted by Crippen LogP contribution is -2.46. The van der Waals surface area contributed by atoms with Crippen molar-refractivity contribution in [2.75, 3.05) is 26.3 Å². The van der Waals surface area contributed by atoms with Crippen LogP contribution in [0.4, 0.5) is 17.6 Å². The van der Waals surface area contributed by atoms with Crippen LogP contribution in [0, 0.1) is 42.8 Å². The third-order valence-corrected chi connectivity index (χ3v) is 16.1. The Morgan fingerprint density at radius 3 is 0.980 bits per heavy atom. The van der Waals surface area contributed by atoms with E-state index in [1.807, 2.05) is 0 Å². The Bertz CT molecular complexity index is 4340. The molecule has 0 radical (unpaired) electrons. The van der Waals surface area contributed by atoms with Gasteiger partial charge in [0.25, 0.3) is 45.7 Å². The van der Waals surface area contributed by atoms with E-state index >= 15 is 8.78 Å². The van der Waals surface area contributed by atoms with Crippen molar-refractivity contribution < 1.29 is 124 Å². The molecule has 4 aliphatic heterocycles. The molecule has 44 heteroatoms. The predicted octanol–water partition coefficient (Wildman–Crippen LogP) is -2.60. The number of esters is 4. The zero-order chi connectivity index (χ0) is 81.2. The molecule has 100 heavy (non-hydrogen) atoms. The van der Waals surface area contributed by atoms with Crippen LogP contribution in [0.5, 0.6) is 0 Å². The Hall–Kier alpha value is -6.64. The van der Waals surface area contributed by atoms with E-state index in [9.17, 15) is 88.0 Å². The average molecular weight is 1520 g/mol. The molecular formula is C56H80F4N12O24S4. The van der Waals surface area contributed by atoms with Crippen LogP contribution < -0.4 is 45.2 Å². The molecule has 0 amide bonds. The number of alkyl halides is 4. The molecule has 4 saturated heterocycles. The topological polar surface area (TPSA) is 559 Å². The van der Waals surface area contributed by atoms with E-state index < -0.39 is 210 Å². The third kappa shape index (κ3) is 20.0. The highest BCUT2D eigenvalue weighted by atomic mass is 32.1. The van der Waals surface area contributed by atoms with Crippen LogP contribution in [0.2, 0.25) is 0 Å². The molecule has 20 N–H and O–H groups in total. The van der Waals surface area contributed by atoms with Crippen LogP contribution in [0.3, 0.4) is 0 Å². The lowest BCUT2D eigenvalue weighted by molar-refractivity contribution is -0.217. The molecule has 0 aromatic carbocycles. The molecular weight excluding hydrogens is 1430 g/mol. The summed E-state index contributed by atoms with van der Waals surface area (Å²) in [6, 6.07) is -0.541. The Balaban J connectivity index is 0.000000254. The molecule has 36 nitrogen and oxygen atoms in total. The van der Waals surface area contributed by atoms with Crippen LogP contribution in [-0.4, -0.2) is 226 Å². The molecule has 0 spiro atoms. The molecule has 0 saturated carbocycles. The number of aromatic amines is 4. The predicted molar refractivity (Wildman–Crippen MR) is 343 cm³/mol. The van der Waals surface area contributed by atoms with E-state index in [0.717, 1.165) is 56.6 Å². The van der Waals surface area contributed by atoms with Crippen LogP contribution in [-0.2, 0) is 57.1 Å². The Morgan fingerprint density at radius 2 is 0.680 bits per heavy atom. The molecule has 4 aromatic rings. The quantitative estimate of drug-likeness (QED) is 0.0187. The number of carbonyl (C=O) groups excluding carboxylic acids is 4. The van der Waals surface area contributed by atoms with Crippen molar-refractivity contribution in [1.82, 2.24) is 38.2 Å². The van der Waals surface area contributed by atoms with Crippen molar-refractivity contribution in [2.24, 2.45) is 46.6 Å². The van der Waals surface area contributed by atoms with Crippen molar-refractivity contribution in [2.45, 2.75) is 177 Å². The zero-order valence-corrected chi connectivity index (χ0v) is 57.0. The Labute approximate surface area is 591 Å². The van der Waals surface area contributed by atoms with Gasteiger partial charge in [-0.1, -0.05) is 55.4 Å². The number of aliphatic hydroxyl groups is 8. The minimum Gasteiger partial charge on any atom is -0.458 e. The Morgan fingerprint density at radius 1 is 0.450 bits per heavy atom. The molecule has 8 heterocycles. The van der Waals surface area contributed by atoms with Gasteiger partial charge in [-0.3, -0.25) is 76.6 Å². The fraction of sp³-hybridized carbons (Fsp3) is 0.643. The van der Waals surface area contributed by atoms with Crippen molar-refractivity contribution in [3.05, 3.63) is 110 Å². The number of nitrogens with two attached hydrogens (primary N) is 4. The molecule has 8 rings (SSSR count). The number of nitrogens with zero attached hydrogens (tertiary/aromatic N) is 4. The standard InChI is InChI=1S/4C14H20FN3O6S/c4*1-6(2)8(16)12(22)23-5-14(15)10(21)9(20)11(24-14)18-4-3-7(19)17-13(18)25/h4*3-4,6,8-11,20-21H,5,16H2,1-2H3,(H,17,19,25)/t4*8-,9+,10-,11+,14+/m0000/s1/i5D2,11D;11D;5D2;. The number of nitrogens with one attached hydrogen (secondary N) is 4. The van der Waals surface area contributed by atoms with E-state index in [2.05, 4.69) is 29.4 Å². The highest BCUT2D eigenvalue weighted by molar-refractivity contribution is 7.71.